The minimum absolute atomic E-state index is 0.649. The predicted octanol–water partition coefficient (Wildman–Crippen LogP) is 1.73. The molecule has 0 heterocycles. The zero-order valence-corrected chi connectivity index (χ0v) is 6.77. The topological polar surface area (TPSA) is 9.23 Å². The van der Waals surface area contributed by atoms with Crippen LogP contribution in [0.15, 0.2) is 24.5 Å². The molecule has 0 aliphatic rings. The fraction of sp³-hybridized carbons (Fsp3) is 0.200. The van der Waals surface area contributed by atoms with Crippen molar-refractivity contribution in [2.24, 2.45) is 0 Å². The Kier molecular flexibility index (Phi) is 5.57. The first-order valence-corrected chi connectivity index (χ1v) is 3.14. The van der Waals surface area contributed by atoms with Crippen molar-refractivity contribution in [2.45, 2.75) is 6.92 Å². The SMILES string of the molecule is C=C/C(=C/C#CC#CC)OC. The van der Waals surface area contributed by atoms with Crippen LogP contribution in [-0.2, 0) is 4.74 Å². The van der Waals surface area contributed by atoms with Crippen LogP contribution >= 0.6 is 0 Å². The number of hydrogen-bond acceptors (Lipinski definition) is 1. The van der Waals surface area contributed by atoms with Crippen LogP contribution in [0.2, 0.25) is 0 Å². The Labute approximate surface area is 67.8 Å². The van der Waals surface area contributed by atoms with E-state index >= 15 is 0 Å². The van der Waals surface area contributed by atoms with Crippen LogP contribution in [0.25, 0.3) is 0 Å². The minimum Gasteiger partial charge on any atom is -0.496 e. The van der Waals surface area contributed by atoms with Gasteiger partial charge in [-0.25, -0.2) is 0 Å². The highest BCUT2D eigenvalue weighted by Gasteiger charge is 1.80. The van der Waals surface area contributed by atoms with Crippen molar-refractivity contribution < 1.29 is 4.74 Å². The van der Waals surface area contributed by atoms with Crippen LogP contribution in [-0.4, -0.2) is 7.11 Å². The van der Waals surface area contributed by atoms with Gasteiger partial charge in [-0.05, 0) is 24.8 Å². The molecule has 0 aliphatic heterocycles. The van der Waals surface area contributed by atoms with Gasteiger partial charge in [0, 0.05) is 6.08 Å². The quantitative estimate of drug-likeness (QED) is 0.327. The molecule has 0 saturated carbocycles. The number of ether oxygens (including phenoxy) is 1. The molecule has 0 aromatic carbocycles. The molecule has 0 N–H and O–H groups in total. The third-order valence-corrected chi connectivity index (χ3v) is 0.911. The van der Waals surface area contributed by atoms with Crippen molar-refractivity contribution in [3.8, 4) is 23.7 Å². The molecule has 0 aromatic heterocycles. The molecule has 0 aromatic rings. The van der Waals surface area contributed by atoms with Crippen LogP contribution in [0.4, 0.5) is 0 Å². The molecule has 0 bridgehead atoms. The summed E-state index contributed by atoms with van der Waals surface area (Å²) >= 11 is 0. The number of methoxy groups -OCH3 is 1. The van der Waals surface area contributed by atoms with E-state index in [1.165, 1.54) is 0 Å². The molecular weight excluding hydrogens is 136 g/mol. The molecule has 0 fully saturated rings. The summed E-state index contributed by atoms with van der Waals surface area (Å²) in [6.45, 7) is 5.27. The second kappa shape index (κ2) is 6.52. The maximum atomic E-state index is 4.87. The molecule has 0 rings (SSSR count). The predicted molar refractivity (Wildman–Crippen MR) is 46.5 cm³/mol. The average molecular weight is 146 g/mol. The largest absolute Gasteiger partial charge is 0.496 e. The van der Waals surface area contributed by atoms with Gasteiger partial charge in [0.1, 0.15) is 5.76 Å². The number of hydrogen-bond donors (Lipinski definition) is 0. The molecule has 1 nitrogen and oxygen atoms in total. The first-order chi connectivity index (χ1) is 5.35. The summed E-state index contributed by atoms with van der Waals surface area (Å²) in [5.41, 5.74) is 0. The molecule has 0 radical (unpaired) electrons. The lowest BCUT2D eigenvalue weighted by Gasteiger charge is -1.93. The maximum absolute atomic E-state index is 4.87. The monoisotopic (exact) mass is 146 g/mol. The summed E-state index contributed by atoms with van der Waals surface area (Å²) in [6.07, 6.45) is 3.21. The average Bonchev–Trinajstić information content (AvgIpc) is 2.05. The Balaban J connectivity index is 4.18. The highest BCUT2D eigenvalue weighted by atomic mass is 16.5. The third-order valence-electron chi connectivity index (χ3n) is 0.911. The van der Waals surface area contributed by atoms with E-state index in [1.807, 2.05) is 0 Å². The fourth-order valence-corrected chi connectivity index (χ4v) is 0.407. The fourth-order valence-electron chi connectivity index (χ4n) is 0.407. The van der Waals surface area contributed by atoms with E-state index in [-0.39, 0.29) is 0 Å². The first kappa shape index (κ1) is 9.40. The molecular formula is C10H10O. The Bertz CT molecular complexity index is 263. The Morgan fingerprint density at radius 3 is 2.64 bits per heavy atom. The molecule has 11 heavy (non-hydrogen) atoms. The molecule has 1 heteroatoms. The molecule has 0 amide bonds. The highest BCUT2D eigenvalue weighted by Crippen LogP contribution is 1.92. The molecule has 0 spiro atoms. The Morgan fingerprint density at radius 1 is 1.45 bits per heavy atom. The lowest BCUT2D eigenvalue weighted by Crippen LogP contribution is -1.77. The van der Waals surface area contributed by atoms with Gasteiger partial charge < -0.3 is 4.74 Å². The van der Waals surface area contributed by atoms with E-state index in [4.69, 9.17) is 4.74 Å². The van der Waals surface area contributed by atoms with E-state index in [9.17, 15) is 0 Å². The van der Waals surface area contributed by atoms with Crippen molar-refractivity contribution in [3.63, 3.8) is 0 Å². The maximum Gasteiger partial charge on any atom is 0.126 e. The van der Waals surface area contributed by atoms with Crippen molar-refractivity contribution in [1.29, 1.82) is 0 Å². The standard InChI is InChI=1S/C10H10O/c1-4-6-7-8-9-10(5-2)11-3/h5,9H,2H2,1,3H3/b10-9-. The summed E-state index contributed by atoms with van der Waals surface area (Å²) in [6, 6.07) is 0. The third kappa shape index (κ3) is 4.88. The van der Waals surface area contributed by atoms with Crippen LogP contribution in [0.1, 0.15) is 6.92 Å². The summed E-state index contributed by atoms with van der Waals surface area (Å²) in [7, 11) is 1.57. The molecule has 0 aliphatic carbocycles. The van der Waals surface area contributed by atoms with E-state index in [1.54, 1.807) is 26.2 Å². The lowest BCUT2D eigenvalue weighted by atomic mass is 10.4. The van der Waals surface area contributed by atoms with Gasteiger partial charge in [0.25, 0.3) is 0 Å². The second-order valence-corrected chi connectivity index (χ2v) is 1.60. The van der Waals surface area contributed by atoms with Crippen LogP contribution in [0.3, 0.4) is 0 Å². The van der Waals surface area contributed by atoms with E-state index in [2.05, 4.69) is 30.3 Å². The van der Waals surface area contributed by atoms with Crippen LogP contribution in [0, 0.1) is 23.7 Å². The lowest BCUT2D eigenvalue weighted by molar-refractivity contribution is 0.307. The van der Waals surface area contributed by atoms with Crippen molar-refractivity contribution in [1.82, 2.24) is 0 Å². The summed E-state index contributed by atoms with van der Waals surface area (Å²) in [5, 5.41) is 0. The minimum atomic E-state index is 0.649. The van der Waals surface area contributed by atoms with Gasteiger partial charge >= 0.3 is 0 Å². The molecule has 56 valence electrons. The van der Waals surface area contributed by atoms with Gasteiger partial charge in [-0.3, -0.25) is 0 Å². The van der Waals surface area contributed by atoms with Crippen molar-refractivity contribution in [2.75, 3.05) is 7.11 Å². The number of rotatable bonds is 2. The smallest absolute Gasteiger partial charge is 0.126 e. The molecule has 0 saturated heterocycles. The normalized spacial score (nSPS) is 8.36. The van der Waals surface area contributed by atoms with Gasteiger partial charge in [-0.15, -0.1) is 0 Å². The van der Waals surface area contributed by atoms with E-state index < -0.39 is 0 Å². The summed E-state index contributed by atoms with van der Waals surface area (Å²) in [5.74, 6) is 11.2. The Hall–Kier alpha value is -1.60. The van der Waals surface area contributed by atoms with E-state index in [0.29, 0.717) is 5.76 Å². The van der Waals surface area contributed by atoms with Gasteiger partial charge in [0.15, 0.2) is 0 Å². The van der Waals surface area contributed by atoms with Gasteiger partial charge in [0.2, 0.25) is 0 Å². The zero-order valence-electron chi connectivity index (χ0n) is 6.77. The summed E-state index contributed by atoms with van der Waals surface area (Å²) < 4.78 is 4.87. The van der Waals surface area contributed by atoms with Gasteiger partial charge in [-0.2, -0.15) is 0 Å². The number of allylic oxidation sites excluding steroid dienone is 2. The Morgan fingerprint density at radius 2 is 2.18 bits per heavy atom. The summed E-state index contributed by atoms with van der Waals surface area (Å²) in [4.78, 5) is 0. The van der Waals surface area contributed by atoms with Crippen LogP contribution < -0.4 is 0 Å². The zero-order chi connectivity index (χ0) is 8.53. The second-order valence-electron chi connectivity index (χ2n) is 1.60. The van der Waals surface area contributed by atoms with Crippen LogP contribution in [0.5, 0.6) is 0 Å². The van der Waals surface area contributed by atoms with Gasteiger partial charge in [-0.1, -0.05) is 18.4 Å². The molecule has 0 unspecified atom stereocenters. The van der Waals surface area contributed by atoms with E-state index in [0.717, 1.165) is 0 Å². The van der Waals surface area contributed by atoms with Gasteiger partial charge in [0.05, 0.1) is 7.11 Å². The molecule has 0 atom stereocenters. The van der Waals surface area contributed by atoms with Crippen molar-refractivity contribution in [3.05, 3.63) is 24.5 Å². The van der Waals surface area contributed by atoms with Crippen molar-refractivity contribution >= 4 is 0 Å². The first-order valence-electron chi connectivity index (χ1n) is 3.14. The highest BCUT2D eigenvalue weighted by molar-refractivity contribution is 5.32.